The predicted molar refractivity (Wildman–Crippen MR) is 77.9 cm³/mol. The maximum atomic E-state index is 12.2. The zero-order valence-electron chi connectivity index (χ0n) is 13.3. The number of carbonyl (C=O) groups is 2. The first-order valence-corrected chi connectivity index (χ1v) is 7.21. The molecule has 1 atom stereocenters. The highest BCUT2D eigenvalue weighted by atomic mass is 16.6. The van der Waals surface area contributed by atoms with Crippen LogP contribution in [0.25, 0.3) is 0 Å². The normalized spacial score (nSPS) is 19.8. The molecule has 6 nitrogen and oxygen atoms in total. The molecule has 21 heavy (non-hydrogen) atoms. The van der Waals surface area contributed by atoms with Crippen LogP contribution in [-0.2, 0) is 16.6 Å². The van der Waals surface area contributed by atoms with Gasteiger partial charge < -0.3 is 4.74 Å². The lowest BCUT2D eigenvalue weighted by atomic mass is 9.91. The van der Waals surface area contributed by atoms with Crippen molar-refractivity contribution in [3.05, 3.63) is 17.5 Å². The zero-order chi connectivity index (χ0) is 15.8. The van der Waals surface area contributed by atoms with Gasteiger partial charge in [0.2, 0.25) is 5.91 Å². The molecule has 1 fully saturated rings. The monoisotopic (exact) mass is 293 g/mol. The molecule has 1 aliphatic heterocycles. The summed E-state index contributed by atoms with van der Waals surface area (Å²) in [7, 11) is 1.88. The molecular weight excluding hydrogens is 270 g/mol. The molecule has 0 aromatic carbocycles. The predicted octanol–water partition coefficient (Wildman–Crippen LogP) is 2.37. The Labute approximate surface area is 125 Å². The van der Waals surface area contributed by atoms with Gasteiger partial charge >= 0.3 is 6.09 Å². The molecule has 0 bridgehead atoms. The number of rotatable bonds is 1. The van der Waals surface area contributed by atoms with Crippen molar-refractivity contribution < 1.29 is 14.3 Å². The van der Waals surface area contributed by atoms with E-state index in [4.69, 9.17) is 4.74 Å². The topological polar surface area (TPSA) is 64.4 Å². The van der Waals surface area contributed by atoms with Crippen molar-refractivity contribution in [3.8, 4) is 0 Å². The summed E-state index contributed by atoms with van der Waals surface area (Å²) < 4.78 is 7.09. The molecule has 0 radical (unpaired) electrons. The number of piperidine rings is 1. The Morgan fingerprint density at radius 3 is 2.57 bits per heavy atom. The quantitative estimate of drug-likeness (QED) is 0.797. The van der Waals surface area contributed by atoms with Crippen molar-refractivity contribution in [3.63, 3.8) is 0 Å². The summed E-state index contributed by atoms with van der Waals surface area (Å²) in [4.78, 5) is 25.5. The second-order valence-corrected chi connectivity index (χ2v) is 6.55. The molecule has 1 aromatic heterocycles. The average molecular weight is 293 g/mol. The van der Waals surface area contributed by atoms with Crippen molar-refractivity contribution in [1.29, 1.82) is 0 Å². The number of likely N-dealkylation sites (tertiary alicyclic amines) is 1. The Hall–Kier alpha value is -1.85. The summed E-state index contributed by atoms with van der Waals surface area (Å²) in [5.41, 5.74) is 1.57. The average Bonchev–Trinajstić information content (AvgIpc) is 2.66. The number of ether oxygens (including phenoxy) is 1. The van der Waals surface area contributed by atoms with Crippen LogP contribution in [-0.4, -0.2) is 38.8 Å². The maximum absolute atomic E-state index is 12.2. The summed E-state index contributed by atoms with van der Waals surface area (Å²) in [5.74, 6) is -0.0650. The lowest BCUT2D eigenvalue weighted by Crippen LogP contribution is -2.45. The van der Waals surface area contributed by atoms with Crippen LogP contribution in [0.4, 0.5) is 4.79 Å². The highest BCUT2D eigenvalue weighted by Crippen LogP contribution is 2.31. The molecular formula is C15H23N3O3. The van der Waals surface area contributed by atoms with Gasteiger partial charge in [0.25, 0.3) is 0 Å². The Morgan fingerprint density at radius 2 is 2.10 bits per heavy atom. The van der Waals surface area contributed by atoms with Crippen LogP contribution in [0.1, 0.15) is 50.8 Å². The SMILES string of the molecule is Cc1cnn(C)c1C1CCN(C(=O)OC(C)(C)C)C(=O)C1. The van der Waals surface area contributed by atoms with Crippen molar-refractivity contribution in [2.24, 2.45) is 7.05 Å². The fourth-order valence-electron chi connectivity index (χ4n) is 2.72. The summed E-state index contributed by atoms with van der Waals surface area (Å²) in [5, 5.41) is 4.22. The van der Waals surface area contributed by atoms with Gasteiger partial charge in [-0.3, -0.25) is 9.48 Å². The molecule has 0 N–H and O–H groups in total. The second kappa shape index (κ2) is 5.50. The summed E-state index contributed by atoms with van der Waals surface area (Å²) >= 11 is 0. The van der Waals surface area contributed by atoms with Gasteiger partial charge in [-0.15, -0.1) is 0 Å². The van der Waals surface area contributed by atoms with Gasteiger partial charge in [0.15, 0.2) is 0 Å². The molecule has 1 unspecified atom stereocenters. The minimum absolute atomic E-state index is 0.115. The van der Waals surface area contributed by atoms with E-state index in [0.29, 0.717) is 13.0 Å². The molecule has 1 aromatic rings. The third kappa shape index (κ3) is 3.43. The van der Waals surface area contributed by atoms with E-state index in [1.165, 1.54) is 4.90 Å². The van der Waals surface area contributed by atoms with Crippen LogP contribution in [0.2, 0.25) is 0 Å². The highest BCUT2D eigenvalue weighted by Gasteiger charge is 2.34. The zero-order valence-corrected chi connectivity index (χ0v) is 13.3. The number of carbonyl (C=O) groups excluding carboxylic acids is 2. The van der Waals surface area contributed by atoms with Gasteiger partial charge in [-0.05, 0) is 39.7 Å². The Balaban J connectivity index is 2.06. The first-order valence-electron chi connectivity index (χ1n) is 7.21. The molecule has 1 saturated heterocycles. The van der Waals surface area contributed by atoms with E-state index in [9.17, 15) is 9.59 Å². The number of imide groups is 1. The van der Waals surface area contributed by atoms with Crippen molar-refractivity contribution >= 4 is 12.0 Å². The standard InChI is InChI=1S/C15H23N3O3/c1-10-9-16-17(5)13(10)11-6-7-18(12(19)8-11)14(20)21-15(2,3)4/h9,11H,6-8H2,1-5H3. The molecule has 2 rings (SSSR count). The smallest absolute Gasteiger partial charge is 0.417 e. The van der Waals surface area contributed by atoms with Crippen LogP contribution in [0.3, 0.4) is 0 Å². The minimum Gasteiger partial charge on any atom is -0.443 e. The maximum Gasteiger partial charge on any atom is 0.417 e. The van der Waals surface area contributed by atoms with E-state index in [1.807, 2.05) is 18.7 Å². The van der Waals surface area contributed by atoms with Gasteiger partial charge in [0.1, 0.15) is 5.60 Å². The Bertz CT molecular complexity index is 538. The summed E-state index contributed by atoms with van der Waals surface area (Å²) in [6.07, 6.45) is 2.32. The fourth-order valence-corrected chi connectivity index (χ4v) is 2.72. The van der Waals surface area contributed by atoms with Crippen LogP contribution in [0.5, 0.6) is 0 Å². The molecule has 116 valence electrons. The molecule has 0 saturated carbocycles. The minimum atomic E-state index is -0.590. The van der Waals surface area contributed by atoms with Crippen LogP contribution < -0.4 is 0 Å². The second-order valence-electron chi connectivity index (χ2n) is 6.55. The number of nitrogens with zero attached hydrogens (tertiary/aromatic N) is 3. The first kappa shape index (κ1) is 15.5. The van der Waals surface area contributed by atoms with Gasteiger partial charge in [-0.2, -0.15) is 5.10 Å². The third-order valence-electron chi connectivity index (χ3n) is 3.60. The lowest BCUT2D eigenvalue weighted by Gasteiger charge is -2.32. The van der Waals surface area contributed by atoms with E-state index >= 15 is 0 Å². The molecule has 6 heteroatoms. The van der Waals surface area contributed by atoms with Gasteiger partial charge in [-0.25, -0.2) is 9.69 Å². The van der Waals surface area contributed by atoms with Gasteiger partial charge in [0.05, 0.1) is 6.20 Å². The number of aromatic nitrogens is 2. The number of aryl methyl sites for hydroxylation is 2. The first-order chi connectivity index (χ1) is 9.69. The summed E-state index contributed by atoms with van der Waals surface area (Å²) in [6.45, 7) is 7.76. The van der Waals surface area contributed by atoms with Gasteiger partial charge in [0, 0.05) is 31.6 Å². The number of hydrogen-bond donors (Lipinski definition) is 0. The van der Waals surface area contributed by atoms with Crippen molar-refractivity contribution in [2.75, 3.05) is 6.54 Å². The molecule has 1 aliphatic rings. The molecule has 0 aliphatic carbocycles. The lowest BCUT2D eigenvalue weighted by molar-refractivity contribution is -0.132. The largest absolute Gasteiger partial charge is 0.443 e. The van der Waals surface area contributed by atoms with Crippen LogP contribution in [0.15, 0.2) is 6.20 Å². The van der Waals surface area contributed by atoms with Crippen LogP contribution in [0, 0.1) is 6.92 Å². The Morgan fingerprint density at radius 1 is 1.43 bits per heavy atom. The van der Waals surface area contributed by atoms with E-state index in [1.54, 1.807) is 27.0 Å². The Kier molecular flexibility index (Phi) is 4.07. The van der Waals surface area contributed by atoms with E-state index < -0.39 is 11.7 Å². The van der Waals surface area contributed by atoms with E-state index in [-0.39, 0.29) is 11.8 Å². The summed E-state index contributed by atoms with van der Waals surface area (Å²) in [6, 6.07) is 0. The number of amides is 2. The fraction of sp³-hybridized carbons (Fsp3) is 0.667. The van der Waals surface area contributed by atoms with Crippen LogP contribution >= 0.6 is 0 Å². The highest BCUT2D eigenvalue weighted by molar-refractivity contribution is 5.93. The molecule has 2 heterocycles. The third-order valence-corrected chi connectivity index (χ3v) is 3.60. The molecule has 2 amide bonds. The number of hydrogen-bond acceptors (Lipinski definition) is 4. The molecule has 0 spiro atoms. The van der Waals surface area contributed by atoms with E-state index in [0.717, 1.165) is 17.7 Å². The van der Waals surface area contributed by atoms with E-state index in [2.05, 4.69) is 5.10 Å². The van der Waals surface area contributed by atoms with Crippen molar-refractivity contribution in [1.82, 2.24) is 14.7 Å². The van der Waals surface area contributed by atoms with Crippen molar-refractivity contribution in [2.45, 2.75) is 52.1 Å². The van der Waals surface area contributed by atoms with Gasteiger partial charge in [-0.1, -0.05) is 0 Å².